The van der Waals surface area contributed by atoms with Crippen LogP contribution in [0.4, 0.5) is 18.9 Å². The molecule has 1 atom stereocenters. The molecule has 0 aromatic heterocycles. The number of amides is 1. The molecule has 1 aliphatic rings. The highest BCUT2D eigenvalue weighted by Crippen LogP contribution is 2.37. The van der Waals surface area contributed by atoms with Gasteiger partial charge in [0.25, 0.3) is 0 Å². The number of carbonyl (C=O) groups excluding carboxylic acids is 1. The number of nitrogens with zero attached hydrogens (tertiary/aromatic N) is 1. The third-order valence-corrected chi connectivity index (χ3v) is 3.68. The summed E-state index contributed by atoms with van der Waals surface area (Å²) in [5.41, 5.74) is -3.66. The van der Waals surface area contributed by atoms with E-state index < -0.39 is 5.51 Å². The lowest BCUT2D eigenvalue weighted by Gasteiger charge is -2.17. The molecule has 0 aliphatic carbocycles. The number of halogens is 3. The molecule has 1 unspecified atom stereocenters. The van der Waals surface area contributed by atoms with Crippen molar-refractivity contribution in [1.82, 2.24) is 5.32 Å². The van der Waals surface area contributed by atoms with E-state index in [9.17, 15) is 18.0 Å². The zero-order valence-corrected chi connectivity index (χ0v) is 11.0. The van der Waals surface area contributed by atoms with Crippen LogP contribution in [0.3, 0.4) is 0 Å². The third kappa shape index (κ3) is 3.42. The molecular formula is C12H13F3N2OS. The molecule has 0 radical (unpaired) electrons. The second kappa shape index (κ2) is 5.42. The van der Waals surface area contributed by atoms with Gasteiger partial charge in [-0.3, -0.25) is 4.79 Å². The molecule has 1 heterocycles. The highest BCUT2D eigenvalue weighted by atomic mass is 32.2. The highest BCUT2D eigenvalue weighted by Gasteiger charge is 2.32. The molecule has 1 aromatic carbocycles. The van der Waals surface area contributed by atoms with E-state index in [2.05, 4.69) is 5.32 Å². The SMILES string of the molecule is CNC1CCN(c2ccc(SC(F)(F)F)cc2)C1=O. The summed E-state index contributed by atoms with van der Waals surface area (Å²) >= 11 is -0.158. The molecule has 1 fully saturated rings. The normalized spacial score (nSPS) is 20.1. The van der Waals surface area contributed by atoms with Crippen molar-refractivity contribution in [2.75, 3.05) is 18.5 Å². The van der Waals surface area contributed by atoms with Crippen molar-refractivity contribution in [3.8, 4) is 0 Å². The number of hydrogen-bond acceptors (Lipinski definition) is 3. The number of carbonyl (C=O) groups is 1. The number of anilines is 1. The van der Waals surface area contributed by atoms with Gasteiger partial charge in [-0.1, -0.05) is 0 Å². The predicted octanol–water partition coefficient (Wildman–Crippen LogP) is 2.62. The Bertz CT molecular complexity index is 461. The molecule has 0 bridgehead atoms. The Hall–Kier alpha value is -1.21. The van der Waals surface area contributed by atoms with Gasteiger partial charge in [-0.2, -0.15) is 13.2 Å². The second-order valence-electron chi connectivity index (χ2n) is 4.16. The maximum absolute atomic E-state index is 12.2. The number of likely N-dealkylation sites (N-methyl/N-ethyl adjacent to an activating group) is 1. The van der Waals surface area contributed by atoms with Crippen LogP contribution in [-0.4, -0.2) is 31.0 Å². The number of thioether (sulfide) groups is 1. The van der Waals surface area contributed by atoms with Crippen molar-refractivity contribution in [1.29, 1.82) is 0 Å². The minimum Gasteiger partial charge on any atom is -0.311 e. The highest BCUT2D eigenvalue weighted by molar-refractivity contribution is 8.00. The number of rotatable bonds is 3. The fraction of sp³-hybridized carbons (Fsp3) is 0.417. The number of benzene rings is 1. The van der Waals surface area contributed by atoms with E-state index in [1.54, 1.807) is 24.1 Å². The van der Waals surface area contributed by atoms with Gasteiger partial charge >= 0.3 is 5.51 Å². The lowest BCUT2D eigenvalue weighted by atomic mass is 10.2. The summed E-state index contributed by atoms with van der Waals surface area (Å²) in [6.45, 7) is 0.579. The van der Waals surface area contributed by atoms with E-state index in [-0.39, 0.29) is 28.6 Å². The molecule has 0 spiro atoms. The van der Waals surface area contributed by atoms with Gasteiger partial charge < -0.3 is 10.2 Å². The van der Waals surface area contributed by atoms with Gasteiger partial charge in [0, 0.05) is 17.1 Å². The average Bonchev–Trinajstić information content (AvgIpc) is 2.69. The Kier molecular flexibility index (Phi) is 4.05. The van der Waals surface area contributed by atoms with Crippen LogP contribution >= 0.6 is 11.8 Å². The van der Waals surface area contributed by atoms with Crippen LogP contribution in [0.5, 0.6) is 0 Å². The number of alkyl halides is 3. The lowest BCUT2D eigenvalue weighted by molar-refractivity contribution is -0.118. The summed E-state index contributed by atoms with van der Waals surface area (Å²) in [6.07, 6.45) is 0.703. The molecule has 7 heteroatoms. The fourth-order valence-electron chi connectivity index (χ4n) is 2.03. The molecular weight excluding hydrogens is 277 g/mol. The van der Waals surface area contributed by atoms with Gasteiger partial charge in [0.15, 0.2) is 0 Å². The first-order chi connectivity index (χ1) is 8.90. The molecule has 0 saturated carbocycles. The predicted molar refractivity (Wildman–Crippen MR) is 68.2 cm³/mol. The molecule has 1 saturated heterocycles. The van der Waals surface area contributed by atoms with Gasteiger partial charge in [-0.25, -0.2) is 0 Å². The van der Waals surface area contributed by atoms with Gasteiger partial charge in [0.1, 0.15) is 0 Å². The summed E-state index contributed by atoms with van der Waals surface area (Å²) in [4.78, 5) is 13.6. The molecule has 2 rings (SSSR count). The first kappa shape index (κ1) is 14.2. The van der Waals surface area contributed by atoms with Crippen LogP contribution in [-0.2, 0) is 4.79 Å². The van der Waals surface area contributed by atoms with Crippen LogP contribution in [0.15, 0.2) is 29.2 Å². The van der Waals surface area contributed by atoms with E-state index >= 15 is 0 Å². The van der Waals surface area contributed by atoms with Gasteiger partial charge in [0.05, 0.1) is 6.04 Å². The van der Waals surface area contributed by atoms with Crippen molar-refractivity contribution in [2.45, 2.75) is 22.9 Å². The molecule has 104 valence electrons. The standard InChI is InChI=1S/C12H13F3N2OS/c1-16-10-6-7-17(11(10)18)8-2-4-9(5-3-8)19-12(13,14)15/h2-5,10,16H,6-7H2,1H3. The fourth-order valence-corrected chi connectivity index (χ4v) is 2.57. The molecule has 1 aromatic rings. The summed E-state index contributed by atoms with van der Waals surface area (Å²) in [7, 11) is 1.72. The number of hydrogen-bond donors (Lipinski definition) is 1. The van der Waals surface area contributed by atoms with E-state index in [0.29, 0.717) is 18.7 Å². The molecule has 3 nitrogen and oxygen atoms in total. The van der Waals surface area contributed by atoms with Crippen molar-refractivity contribution in [3.05, 3.63) is 24.3 Å². The van der Waals surface area contributed by atoms with Crippen molar-refractivity contribution in [2.24, 2.45) is 0 Å². The Morgan fingerprint density at radius 3 is 2.42 bits per heavy atom. The largest absolute Gasteiger partial charge is 0.446 e. The van der Waals surface area contributed by atoms with Crippen molar-refractivity contribution in [3.63, 3.8) is 0 Å². The van der Waals surface area contributed by atoms with Crippen molar-refractivity contribution >= 4 is 23.4 Å². The van der Waals surface area contributed by atoms with Crippen LogP contribution in [0, 0.1) is 0 Å². The van der Waals surface area contributed by atoms with Gasteiger partial charge in [-0.15, -0.1) is 0 Å². The van der Waals surface area contributed by atoms with E-state index in [4.69, 9.17) is 0 Å². The third-order valence-electron chi connectivity index (χ3n) is 2.94. The molecule has 1 amide bonds. The van der Waals surface area contributed by atoms with Gasteiger partial charge in [0.2, 0.25) is 5.91 Å². The van der Waals surface area contributed by atoms with E-state index in [1.165, 1.54) is 12.1 Å². The smallest absolute Gasteiger partial charge is 0.311 e. The monoisotopic (exact) mass is 290 g/mol. The summed E-state index contributed by atoms with van der Waals surface area (Å²) in [6, 6.07) is 5.65. The zero-order valence-electron chi connectivity index (χ0n) is 10.2. The van der Waals surface area contributed by atoms with Crippen LogP contribution in [0.25, 0.3) is 0 Å². The van der Waals surface area contributed by atoms with E-state index in [0.717, 1.165) is 0 Å². The first-order valence-electron chi connectivity index (χ1n) is 5.75. The zero-order chi connectivity index (χ0) is 14.0. The summed E-state index contributed by atoms with van der Waals surface area (Å²) in [5.74, 6) is -0.0428. The minimum absolute atomic E-state index is 0.0428. The number of nitrogens with one attached hydrogen (secondary N) is 1. The molecule has 1 N–H and O–H groups in total. The van der Waals surface area contributed by atoms with E-state index in [1.807, 2.05) is 0 Å². The minimum atomic E-state index is -4.29. The summed E-state index contributed by atoms with van der Waals surface area (Å²) in [5, 5.41) is 2.91. The van der Waals surface area contributed by atoms with Crippen LogP contribution in [0.2, 0.25) is 0 Å². The quantitative estimate of drug-likeness (QED) is 0.869. The molecule has 1 aliphatic heterocycles. The Labute approximate surface area is 113 Å². The Balaban J connectivity index is 2.09. The molecule has 19 heavy (non-hydrogen) atoms. The summed E-state index contributed by atoms with van der Waals surface area (Å²) < 4.78 is 36.6. The topological polar surface area (TPSA) is 32.3 Å². The van der Waals surface area contributed by atoms with Crippen LogP contribution in [0.1, 0.15) is 6.42 Å². The van der Waals surface area contributed by atoms with Crippen molar-refractivity contribution < 1.29 is 18.0 Å². The first-order valence-corrected chi connectivity index (χ1v) is 6.57. The second-order valence-corrected chi connectivity index (χ2v) is 5.30. The van der Waals surface area contributed by atoms with Gasteiger partial charge in [-0.05, 0) is 49.5 Å². The maximum atomic E-state index is 12.2. The van der Waals surface area contributed by atoms with Crippen LogP contribution < -0.4 is 10.2 Å². The Morgan fingerprint density at radius 1 is 1.32 bits per heavy atom. The Morgan fingerprint density at radius 2 is 1.95 bits per heavy atom. The lowest BCUT2D eigenvalue weighted by Crippen LogP contribution is -2.36. The maximum Gasteiger partial charge on any atom is 0.446 e. The average molecular weight is 290 g/mol.